The minimum absolute atomic E-state index is 0.0855. The molecule has 0 radical (unpaired) electrons. The molecule has 0 saturated carbocycles. The van der Waals surface area contributed by atoms with E-state index in [9.17, 15) is 29.2 Å². The number of nitrogens with one attached hydrogen (secondary N) is 2. The summed E-state index contributed by atoms with van der Waals surface area (Å²) in [6.45, 7) is 0.477. The Hall–Kier alpha value is -2.80. The Morgan fingerprint density at radius 2 is 2.00 bits per heavy atom. The molecule has 3 rings (SSSR count). The highest BCUT2D eigenvalue weighted by atomic mass is 31.2. The first-order valence-corrected chi connectivity index (χ1v) is 12.5. The van der Waals surface area contributed by atoms with E-state index in [1.54, 1.807) is 32.0 Å². The zero-order valence-electron chi connectivity index (χ0n) is 22.7. The number of benzene rings is 1. The summed E-state index contributed by atoms with van der Waals surface area (Å²) < 4.78 is 59.3. The van der Waals surface area contributed by atoms with Crippen molar-refractivity contribution in [2.45, 2.75) is 63.8 Å². The zero-order valence-corrected chi connectivity index (χ0v) is 20.6. The van der Waals surface area contributed by atoms with Crippen LogP contribution in [0.5, 0.6) is 5.75 Å². The lowest BCUT2D eigenvalue weighted by Gasteiger charge is -2.27. The van der Waals surface area contributed by atoms with Gasteiger partial charge in [-0.3, -0.25) is 23.7 Å². The molecule has 0 amide bonds. The zero-order chi connectivity index (χ0) is 29.2. The Morgan fingerprint density at radius 1 is 1.31 bits per heavy atom. The van der Waals surface area contributed by atoms with Gasteiger partial charge in [-0.2, -0.15) is 5.09 Å². The average Bonchev–Trinajstić information content (AvgIpc) is 3.09. The van der Waals surface area contributed by atoms with Crippen LogP contribution in [-0.4, -0.2) is 62.3 Å². The summed E-state index contributed by atoms with van der Waals surface area (Å²) in [4.78, 5) is 38.0. The summed E-state index contributed by atoms with van der Waals surface area (Å²) in [7, 11) is -4.44. The molecule has 1 aliphatic heterocycles. The van der Waals surface area contributed by atoms with Crippen LogP contribution in [0.3, 0.4) is 0 Å². The predicted molar refractivity (Wildman–Crippen MR) is 126 cm³/mol. The fourth-order valence-electron chi connectivity index (χ4n) is 3.30. The number of nitrogens with zero attached hydrogens (tertiary/aromatic N) is 1. The van der Waals surface area contributed by atoms with Gasteiger partial charge in [0, 0.05) is 16.4 Å². The van der Waals surface area contributed by atoms with Crippen LogP contribution in [0.1, 0.15) is 38.0 Å². The van der Waals surface area contributed by atoms with Crippen molar-refractivity contribution in [2.75, 3.05) is 6.61 Å². The van der Waals surface area contributed by atoms with E-state index < -0.39 is 74.6 Å². The number of para-hydroxylation sites is 1. The van der Waals surface area contributed by atoms with Gasteiger partial charge in [-0.25, -0.2) is 9.36 Å². The minimum atomic E-state index is -4.44. The number of carbonyl (C=O) groups is 1. The molecule has 1 aromatic carbocycles. The smallest absolute Gasteiger partial charge is 0.459 e. The summed E-state index contributed by atoms with van der Waals surface area (Å²) in [5.41, 5.74) is -4.95. The van der Waals surface area contributed by atoms with E-state index in [0.717, 1.165) is 12.3 Å². The number of aliphatic hydroxyl groups is 2. The maximum Gasteiger partial charge on any atom is 0.459 e. The van der Waals surface area contributed by atoms with Gasteiger partial charge in [0.25, 0.3) is 5.56 Å². The van der Waals surface area contributed by atoms with Crippen LogP contribution in [0.15, 0.2) is 52.2 Å². The quantitative estimate of drug-likeness (QED) is 0.192. The summed E-state index contributed by atoms with van der Waals surface area (Å²) in [6, 6.07) is 7.47. The normalized spacial score (nSPS) is 27.9. The molecule has 2 heterocycles. The van der Waals surface area contributed by atoms with E-state index in [-0.39, 0.29) is 5.75 Å². The molecule has 4 N–H and O–H groups in total. The second kappa shape index (κ2) is 11.1. The topological polar surface area (TPSA) is 178 Å². The van der Waals surface area contributed by atoms with Crippen LogP contribution in [0.4, 0.5) is 0 Å². The van der Waals surface area contributed by atoms with E-state index in [2.05, 4.69) is 5.09 Å². The van der Waals surface area contributed by atoms with Crippen molar-refractivity contribution in [3.05, 3.63) is 63.4 Å². The van der Waals surface area contributed by atoms with E-state index >= 15 is 0 Å². The molecule has 0 unspecified atom stereocenters. The van der Waals surface area contributed by atoms with Gasteiger partial charge in [0.1, 0.15) is 29.6 Å². The molecule has 13 nitrogen and oxygen atoms in total. The van der Waals surface area contributed by atoms with Gasteiger partial charge in [0.2, 0.25) is 0 Å². The van der Waals surface area contributed by atoms with Gasteiger partial charge in [-0.1, -0.05) is 18.2 Å². The monoisotopic (exact) mass is 531 g/mol. The molecule has 1 fully saturated rings. The lowest BCUT2D eigenvalue weighted by atomic mass is 10.0. The molecular formula is C22H30N3O10P. The Kier molecular flexibility index (Phi) is 7.26. The third-order valence-corrected chi connectivity index (χ3v) is 6.67. The second-order valence-electron chi connectivity index (χ2n) is 8.35. The molecule has 1 aliphatic rings. The van der Waals surface area contributed by atoms with Crippen molar-refractivity contribution >= 4 is 13.7 Å². The second-order valence-corrected chi connectivity index (χ2v) is 10.0. The molecule has 0 bridgehead atoms. The molecule has 2 aromatic rings. The first-order valence-electron chi connectivity index (χ1n) is 12.4. The average molecular weight is 531 g/mol. The molecule has 198 valence electrons. The fourth-order valence-corrected chi connectivity index (χ4v) is 4.80. The van der Waals surface area contributed by atoms with Crippen molar-refractivity contribution in [1.82, 2.24) is 14.6 Å². The van der Waals surface area contributed by atoms with Crippen molar-refractivity contribution < 1.29 is 42.2 Å². The number of aromatic nitrogens is 2. The number of hydrogen-bond donors (Lipinski definition) is 4. The summed E-state index contributed by atoms with van der Waals surface area (Å²) >= 11 is 0. The van der Waals surface area contributed by atoms with Gasteiger partial charge in [-0.05, 0) is 39.8 Å². The Bertz CT molecular complexity index is 1320. The predicted octanol–water partition coefficient (Wildman–Crippen LogP) is 0.679. The lowest BCUT2D eigenvalue weighted by Crippen LogP contribution is -2.47. The van der Waals surface area contributed by atoms with E-state index in [0.29, 0.717) is 4.57 Å². The SMILES string of the molecule is [2H][13C]([2H])([2H])[C@]1(O)[C@H](O)[C@@H](CO[P@@](=O)(N[C@@H](C)C(=O)OC(C)C)Oc2ccccc2)O[C@H]1n1ccc(=O)[nH]c1=O. The van der Waals surface area contributed by atoms with Crippen LogP contribution in [0.25, 0.3) is 0 Å². The third-order valence-electron chi connectivity index (χ3n) is 5.02. The highest BCUT2D eigenvalue weighted by Gasteiger charge is 2.54. The van der Waals surface area contributed by atoms with Crippen molar-refractivity contribution in [3.8, 4) is 5.75 Å². The Labute approximate surface area is 210 Å². The summed E-state index contributed by atoms with van der Waals surface area (Å²) in [5, 5.41) is 24.4. The number of esters is 1. The number of H-pyrrole nitrogens is 1. The first-order chi connectivity index (χ1) is 18.1. The van der Waals surface area contributed by atoms with Gasteiger partial charge in [0.05, 0.1) is 12.7 Å². The van der Waals surface area contributed by atoms with Crippen LogP contribution in [-0.2, 0) is 23.4 Å². The number of aliphatic hydroxyl groups excluding tert-OH is 1. The van der Waals surface area contributed by atoms with Gasteiger partial charge < -0.3 is 24.2 Å². The molecular weight excluding hydrogens is 498 g/mol. The number of carbonyl (C=O) groups excluding carboxylic acids is 1. The lowest BCUT2D eigenvalue weighted by molar-refractivity contribution is -0.149. The highest BCUT2D eigenvalue weighted by molar-refractivity contribution is 7.52. The van der Waals surface area contributed by atoms with Crippen molar-refractivity contribution in [1.29, 1.82) is 0 Å². The number of aromatic amines is 1. The molecule has 36 heavy (non-hydrogen) atoms. The third kappa shape index (κ3) is 6.49. The van der Waals surface area contributed by atoms with Crippen molar-refractivity contribution in [3.63, 3.8) is 0 Å². The van der Waals surface area contributed by atoms with E-state index in [1.165, 1.54) is 19.1 Å². The summed E-state index contributed by atoms with van der Waals surface area (Å²) in [5.74, 6) is -0.681. The maximum absolute atomic E-state index is 13.7. The van der Waals surface area contributed by atoms with Crippen LogP contribution < -0.4 is 20.9 Å². The minimum Gasteiger partial charge on any atom is -0.462 e. The Morgan fingerprint density at radius 3 is 2.61 bits per heavy atom. The molecule has 0 spiro atoms. The number of hydrogen-bond acceptors (Lipinski definition) is 10. The molecule has 6 atom stereocenters. The maximum atomic E-state index is 13.7. The largest absolute Gasteiger partial charge is 0.462 e. The number of ether oxygens (including phenoxy) is 2. The standard InChI is InChI=1S/C22H30N3O10P/c1-13(2)33-19(28)14(3)24-36(31,35-15-8-6-5-7-9-15)32-12-16-18(27)22(4,30)20(34-16)25-11-10-17(26)23-21(25)29/h5-11,13-14,16,18,20,27,30H,12H2,1-4H3,(H,24,31)(H,23,26,29)/t14-,16+,18+,20+,22-,36-/m0/s1/i4+1D3. The van der Waals surface area contributed by atoms with Crippen LogP contribution >= 0.6 is 7.75 Å². The highest BCUT2D eigenvalue weighted by Crippen LogP contribution is 2.46. The molecule has 1 aromatic heterocycles. The molecule has 0 aliphatic carbocycles. The fraction of sp³-hybridized carbons (Fsp3) is 0.500. The van der Waals surface area contributed by atoms with E-state index in [4.69, 9.17) is 22.6 Å². The van der Waals surface area contributed by atoms with Crippen LogP contribution in [0, 0.1) is 0 Å². The molecule has 14 heteroatoms. The van der Waals surface area contributed by atoms with Gasteiger partial charge in [-0.15, -0.1) is 0 Å². The first kappa shape index (κ1) is 23.6. The Balaban J connectivity index is 1.90. The van der Waals surface area contributed by atoms with Crippen LogP contribution in [0.2, 0.25) is 0 Å². The molecule has 1 saturated heterocycles. The number of rotatable bonds is 10. The van der Waals surface area contributed by atoms with E-state index in [1.807, 2.05) is 4.98 Å². The van der Waals surface area contributed by atoms with Gasteiger partial charge >= 0.3 is 19.4 Å². The van der Waals surface area contributed by atoms with Crippen molar-refractivity contribution in [2.24, 2.45) is 0 Å². The van der Waals surface area contributed by atoms with Gasteiger partial charge in [0.15, 0.2) is 6.23 Å². The summed E-state index contributed by atoms with van der Waals surface area (Å²) in [6.07, 6.45) is -5.43.